The summed E-state index contributed by atoms with van der Waals surface area (Å²) in [7, 11) is 0.534. The topological polar surface area (TPSA) is 66.1 Å². The summed E-state index contributed by atoms with van der Waals surface area (Å²) in [6.07, 6.45) is 3.38. The van der Waals surface area contributed by atoms with Gasteiger partial charge in [-0.15, -0.1) is 0 Å². The first-order valence-electron chi connectivity index (χ1n) is 6.43. The van der Waals surface area contributed by atoms with Crippen molar-refractivity contribution in [3.8, 4) is 5.75 Å². The van der Waals surface area contributed by atoms with Gasteiger partial charge >= 0.3 is 7.12 Å². The van der Waals surface area contributed by atoms with Crippen LogP contribution in [-0.4, -0.2) is 42.3 Å². The fraction of sp³-hybridized carbons (Fsp3) is 0.286. The molecule has 0 aliphatic rings. The van der Waals surface area contributed by atoms with Crippen LogP contribution in [0.2, 0.25) is 0 Å². The van der Waals surface area contributed by atoms with Gasteiger partial charge in [-0.2, -0.15) is 0 Å². The van der Waals surface area contributed by atoms with E-state index < -0.39 is 7.12 Å². The van der Waals surface area contributed by atoms with Crippen LogP contribution in [0.15, 0.2) is 47.3 Å². The monoisotopic (exact) mass is 275 g/mol. The van der Waals surface area contributed by atoms with E-state index in [2.05, 4.69) is 4.90 Å². The van der Waals surface area contributed by atoms with Crippen LogP contribution in [0.3, 0.4) is 0 Å². The molecule has 1 aromatic heterocycles. The highest BCUT2D eigenvalue weighted by Gasteiger charge is 2.11. The van der Waals surface area contributed by atoms with Crippen molar-refractivity contribution >= 4 is 12.6 Å². The average Bonchev–Trinajstić information content (AvgIpc) is 2.92. The first kappa shape index (κ1) is 14.6. The SMILES string of the molecule is CN(CCOc1cccc(B(O)O)c1)Cc1ccoc1. The van der Waals surface area contributed by atoms with Gasteiger partial charge in [0.1, 0.15) is 12.4 Å². The first-order chi connectivity index (χ1) is 9.65. The van der Waals surface area contributed by atoms with Crippen LogP contribution < -0.4 is 10.2 Å². The number of hydrogen-bond donors (Lipinski definition) is 2. The molecule has 0 unspecified atom stereocenters. The molecular weight excluding hydrogens is 257 g/mol. The third-order valence-corrected chi connectivity index (χ3v) is 2.93. The van der Waals surface area contributed by atoms with E-state index in [1.165, 1.54) is 0 Å². The Hall–Kier alpha value is -1.76. The van der Waals surface area contributed by atoms with Gasteiger partial charge in [-0.3, -0.25) is 4.90 Å². The second-order valence-corrected chi connectivity index (χ2v) is 4.66. The molecule has 0 amide bonds. The molecule has 1 heterocycles. The summed E-state index contributed by atoms with van der Waals surface area (Å²) in [6.45, 7) is 2.09. The number of rotatable bonds is 7. The molecule has 0 radical (unpaired) electrons. The fourth-order valence-corrected chi connectivity index (χ4v) is 1.86. The third-order valence-electron chi connectivity index (χ3n) is 2.93. The molecule has 2 aromatic rings. The van der Waals surface area contributed by atoms with Gasteiger partial charge in [0.25, 0.3) is 0 Å². The van der Waals surface area contributed by atoms with Crippen LogP contribution in [0.5, 0.6) is 5.75 Å². The molecule has 20 heavy (non-hydrogen) atoms. The van der Waals surface area contributed by atoms with Crippen LogP contribution >= 0.6 is 0 Å². The predicted molar refractivity (Wildman–Crippen MR) is 76.8 cm³/mol. The van der Waals surface area contributed by atoms with E-state index in [0.29, 0.717) is 17.8 Å². The molecule has 0 fully saturated rings. The molecule has 0 aliphatic heterocycles. The van der Waals surface area contributed by atoms with E-state index in [1.54, 1.807) is 36.8 Å². The highest BCUT2D eigenvalue weighted by molar-refractivity contribution is 6.58. The molecule has 1 aromatic carbocycles. The van der Waals surface area contributed by atoms with E-state index in [0.717, 1.165) is 18.7 Å². The number of likely N-dealkylation sites (N-methyl/N-ethyl adjacent to an activating group) is 1. The lowest BCUT2D eigenvalue weighted by Crippen LogP contribution is -2.29. The number of ether oxygens (including phenoxy) is 1. The maximum Gasteiger partial charge on any atom is 0.488 e. The lowest BCUT2D eigenvalue weighted by molar-refractivity contribution is 0.232. The van der Waals surface area contributed by atoms with Crippen LogP contribution in [0.25, 0.3) is 0 Å². The summed E-state index contributed by atoms with van der Waals surface area (Å²) in [5.41, 5.74) is 1.55. The lowest BCUT2D eigenvalue weighted by Gasteiger charge is -2.16. The highest BCUT2D eigenvalue weighted by atomic mass is 16.5. The van der Waals surface area contributed by atoms with Gasteiger partial charge in [-0.1, -0.05) is 12.1 Å². The second kappa shape index (κ2) is 7.14. The molecule has 0 bridgehead atoms. The smallest absolute Gasteiger partial charge is 0.488 e. The molecular formula is C14H18BNO4. The van der Waals surface area contributed by atoms with Crippen molar-refractivity contribution < 1.29 is 19.2 Å². The molecule has 2 N–H and O–H groups in total. The van der Waals surface area contributed by atoms with Gasteiger partial charge in [0.15, 0.2) is 0 Å². The molecule has 0 saturated heterocycles. The van der Waals surface area contributed by atoms with E-state index in [9.17, 15) is 0 Å². The minimum absolute atomic E-state index is 0.425. The van der Waals surface area contributed by atoms with Crippen molar-refractivity contribution in [2.45, 2.75) is 6.54 Å². The molecule has 0 aliphatic carbocycles. The lowest BCUT2D eigenvalue weighted by atomic mass is 9.80. The molecule has 0 saturated carbocycles. The van der Waals surface area contributed by atoms with Crippen molar-refractivity contribution in [3.63, 3.8) is 0 Å². The van der Waals surface area contributed by atoms with Gasteiger partial charge in [-0.05, 0) is 30.7 Å². The Morgan fingerprint density at radius 3 is 2.85 bits per heavy atom. The second-order valence-electron chi connectivity index (χ2n) is 4.66. The zero-order valence-corrected chi connectivity index (χ0v) is 11.4. The Kier molecular flexibility index (Phi) is 5.23. The summed E-state index contributed by atoms with van der Waals surface area (Å²) in [4.78, 5) is 2.12. The van der Waals surface area contributed by atoms with Crippen molar-refractivity contribution in [2.24, 2.45) is 0 Å². The van der Waals surface area contributed by atoms with Crippen molar-refractivity contribution in [3.05, 3.63) is 48.4 Å². The predicted octanol–water partition coefficient (Wildman–Crippen LogP) is 0.470. The number of benzene rings is 1. The summed E-state index contributed by atoms with van der Waals surface area (Å²) >= 11 is 0. The first-order valence-corrected chi connectivity index (χ1v) is 6.43. The van der Waals surface area contributed by atoms with Crippen LogP contribution in [0, 0.1) is 0 Å². The van der Waals surface area contributed by atoms with Crippen molar-refractivity contribution in [2.75, 3.05) is 20.2 Å². The highest BCUT2D eigenvalue weighted by Crippen LogP contribution is 2.08. The van der Waals surface area contributed by atoms with Crippen LogP contribution in [0.1, 0.15) is 5.56 Å². The van der Waals surface area contributed by atoms with E-state index in [4.69, 9.17) is 19.2 Å². The normalized spacial score (nSPS) is 10.8. The van der Waals surface area contributed by atoms with Gasteiger partial charge in [0, 0.05) is 18.7 Å². The summed E-state index contributed by atoms with van der Waals surface area (Å²) < 4.78 is 10.6. The summed E-state index contributed by atoms with van der Waals surface area (Å²) in [5.74, 6) is 0.632. The van der Waals surface area contributed by atoms with Crippen LogP contribution in [-0.2, 0) is 6.54 Å². The zero-order valence-electron chi connectivity index (χ0n) is 11.4. The third kappa shape index (κ3) is 4.41. The Bertz CT molecular complexity index is 516. The fourth-order valence-electron chi connectivity index (χ4n) is 1.86. The quantitative estimate of drug-likeness (QED) is 0.719. The average molecular weight is 275 g/mol. The Balaban J connectivity index is 1.76. The molecule has 5 nitrogen and oxygen atoms in total. The molecule has 0 spiro atoms. The van der Waals surface area contributed by atoms with Gasteiger partial charge < -0.3 is 19.2 Å². The van der Waals surface area contributed by atoms with Gasteiger partial charge in [-0.25, -0.2) is 0 Å². The van der Waals surface area contributed by atoms with E-state index >= 15 is 0 Å². The van der Waals surface area contributed by atoms with E-state index in [-0.39, 0.29) is 0 Å². The van der Waals surface area contributed by atoms with Crippen molar-refractivity contribution in [1.82, 2.24) is 4.90 Å². The number of hydrogen-bond acceptors (Lipinski definition) is 5. The minimum atomic E-state index is -1.47. The van der Waals surface area contributed by atoms with Crippen molar-refractivity contribution in [1.29, 1.82) is 0 Å². The number of nitrogens with zero attached hydrogens (tertiary/aromatic N) is 1. The summed E-state index contributed by atoms with van der Waals surface area (Å²) in [6, 6.07) is 8.73. The Labute approximate surface area is 118 Å². The largest absolute Gasteiger partial charge is 0.492 e. The number of furan rings is 1. The molecule has 106 valence electrons. The van der Waals surface area contributed by atoms with Gasteiger partial charge in [0.05, 0.1) is 12.5 Å². The standard InChI is InChI=1S/C14H18BNO4/c1-16(10-12-5-7-19-11-12)6-8-20-14-4-2-3-13(9-14)15(17)18/h2-5,7,9,11,17-18H,6,8,10H2,1H3. The Morgan fingerprint density at radius 2 is 2.15 bits per heavy atom. The van der Waals surface area contributed by atoms with Crippen LogP contribution in [0.4, 0.5) is 0 Å². The molecule has 2 rings (SSSR count). The van der Waals surface area contributed by atoms with Gasteiger partial charge in [0.2, 0.25) is 0 Å². The zero-order chi connectivity index (χ0) is 14.4. The Morgan fingerprint density at radius 1 is 1.30 bits per heavy atom. The minimum Gasteiger partial charge on any atom is -0.492 e. The van der Waals surface area contributed by atoms with E-state index in [1.807, 2.05) is 13.1 Å². The summed E-state index contributed by atoms with van der Waals surface area (Å²) in [5, 5.41) is 18.2. The maximum atomic E-state index is 9.09. The maximum absolute atomic E-state index is 9.09. The molecule has 0 atom stereocenters. The molecule has 6 heteroatoms.